The molecule has 1 unspecified atom stereocenters. The number of nitrogens with one attached hydrogen (secondary N) is 1. The molecule has 1 amide bonds. The molecule has 0 aliphatic carbocycles. The fourth-order valence-electron chi connectivity index (χ4n) is 2.74. The number of amides is 1. The van der Waals surface area contributed by atoms with Crippen molar-refractivity contribution in [3.8, 4) is 5.75 Å². The van der Waals surface area contributed by atoms with Crippen LogP contribution in [0.25, 0.3) is 0 Å². The smallest absolute Gasteiger partial charge is 0.273 e. The third kappa shape index (κ3) is 5.67. The lowest BCUT2D eigenvalue weighted by Gasteiger charge is -2.13. The lowest BCUT2D eigenvalue weighted by Crippen LogP contribution is -2.26. The van der Waals surface area contributed by atoms with Gasteiger partial charge < -0.3 is 9.47 Å². The van der Waals surface area contributed by atoms with Gasteiger partial charge in [0.05, 0.1) is 6.21 Å². The van der Waals surface area contributed by atoms with E-state index in [0.29, 0.717) is 17.4 Å². The first-order valence-corrected chi connectivity index (χ1v) is 9.42. The Morgan fingerprint density at radius 3 is 2.48 bits per heavy atom. The standard InChI is InChI=1S/C23H21ClN2O3/c1-28-22(17-9-3-2-4-10-17)23(27)26-25-15-18-11-6-8-14-21(18)29-16-19-12-5-7-13-20(19)24/h2-15,22H,16H2,1H3,(H,26,27)/b25-15+. The number of hydrazone groups is 1. The minimum Gasteiger partial charge on any atom is -0.488 e. The van der Waals surface area contributed by atoms with Crippen molar-refractivity contribution in [2.24, 2.45) is 5.10 Å². The zero-order valence-corrected chi connectivity index (χ0v) is 16.7. The molecule has 0 aliphatic rings. The molecule has 1 N–H and O–H groups in total. The van der Waals surface area contributed by atoms with E-state index >= 15 is 0 Å². The van der Waals surface area contributed by atoms with E-state index in [-0.39, 0.29) is 5.91 Å². The van der Waals surface area contributed by atoms with Crippen LogP contribution in [-0.4, -0.2) is 19.2 Å². The maximum absolute atomic E-state index is 12.4. The number of carbonyl (C=O) groups is 1. The summed E-state index contributed by atoms with van der Waals surface area (Å²) in [7, 11) is 1.48. The number of rotatable bonds is 8. The first-order valence-electron chi connectivity index (χ1n) is 9.05. The maximum atomic E-state index is 12.4. The van der Waals surface area contributed by atoms with Gasteiger partial charge in [-0.05, 0) is 23.8 Å². The number of nitrogens with zero attached hydrogens (tertiary/aromatic N) is 1. The van der Waals surface area contributed by atoms with Crippen molar-refractivity contribution >= 4 is 23.7 Å². The van der Waals surface area contributed by atoms with Crippen molar-refractivity contribution in [2.45, 2.75) is 12.7 Å². The van der Waals surface area contributed by atoms with E-state index in [1.165, 1.54) is 13.3 Å². The summed E-state index contributed by atoms with van der Waals surface area (Å²) in [5.41, 5.74) is 4.89. The molecular formula is C23H21ClN2O3. The molecule has 3 rings (SSSR count). The number of ether oxygens (including phenoxy) is 2. The summed E-state index contributed by atoms with van der Waals surface area (Å²) in [5, 5.41) is 4.71. The average Bonchev–Trinajstić information content (AvgIpc) is 2.75. The van der Waals surface area contributed by atoms with Crippen molar-refractivity contribution in [3.63, 3.8) is 0 Å². The second kappa shape index (κ2) is 10.4. The van der Waals surface area contributed by atoms with Gasteiger partial charge in [-0.3, -0.25) is 4.79 Å². The van der Waals surface area contributed by atoms with Crippen LogP contribution in [-0.2, 0) is 16.1 Å². The zero-order chi connectivity index (χ0) is 20.5. The maximum Gasteiger partial charge on any atom is 0.273 e. The molecule has 0 radical (unpaired) electrons. The SMILES string of the molecule is COC(C(=O)N/N=C/c1ccccc1OCc1ccccc1Cl)c1ccccc1. The van der Waals surface area contributed by atoms with Crippen LogP contribution in [0.5, 0.6) is 5.75 Å². The highest BCUT2D eigenvalue weighted by Gasteiger charge is 2.19. The van der Waals surface area contributed by atoms with Gasteiger partial charge in [0, 0.05) is 23.3 Å². The molecule has 0 spiro atoms. The van der Waals surface area contributed by atoms with Crippen molar-refractivity contribution in [3.05, 3.63) is 101 Å². The quantitative estimate of drug-likeness (QED) is 0.432. The number of halogens is 1. The summed E-state index contributed by atoms with van der Waals surface area (Å²) in [5.74, 6) is 0.279. The van der Waals surface area contributed by atoms with E-state index in [2.05, 4.69) is 10.5 Å². The molecule has 5 nitrogen and oxygen atoms in total. The number of hydrogen-bond donors (Lipinski definition) is 1. The van der Waals surface area contributed by atoms with Gasteiger partial charge in [-0.1, -0.05) is 72.3 Å². The Morgan fingerprint density at radius 2 is 1.72 bits per heavy atom. The van der Waals surface area contributed by atoms with Gasteiger partial charge in [0.2, 0.25) is 0 Å². The first kappa shape index (κ1) is 20.6. The van der Waals surface area contributed by atoms with E-state index in [1.807, 2.05) is 78.9 Å². The molecule has 0 fully saturated rings. The van der Waals surface area contributed by atoms with Crippen molar-refractivity contribution in [2.75, 3.05) is 7.11 Å². The van der Waals surface area contributed by atoms with Gasteiger partial charge in [-0.15, -0.1) is 0 Å². The average molecular weight is 409 g/mol. The normalized spacial score (nSPS) is 11.9. The Bertz CT molecular complexity index is 977. The van der Waals surface area contributed by atoms with Crippen molar-refractivity contribution in [1.29, 1.82) is 0 Å². The Hall–Kier alpha value is -3.15. The molecular weight excluding hydrogens is 388 g/mol. The molecule has 3 aromatic rings. The predicted octanol–water partition coefficient (Wildman–Crippen LogP) is 4.76. The number of carbonyl (C=O) groups excluding carboxylic acids is 1. The van der Waals surface area contributed by atoms with Crippen LogP contribution in [0, 0.1) is 0 Å². The number of para-hydroxylation sites is 1. The van der Waals surface area contributed by atoms with Gasteiger partial charge >= 0.3 is 0 Å². The van der Waals surface area contributed by atoms with E-state index in [0.717, 1.165) is 16.7 Å². The second-order valence-electron chi connectivity index (χ2n) is 6.18. The molecule has 1 atom stereocenters. The van der Waals surface area contributed by atoms with Gasteiger partial charge in [-0.2, -0.15) is 5.10 Å². The lowest BCUT2D eigenvalue weighted by molar-refractivity contribution is -0.131. The number of hydrogen-bond acceptors (Lipinski definition) is 4. The zero-order valence-electron chi connectivity index (χ0n) is 15.9. The Morgan fingerprint density at radius 1 is 1.03 bits per heavy atom. The predicted molar refractivity (Wildman–Crippen MR) is 114 cm³/mol. The van der Waals surface area contributed by atoms with Gasteiger partial charge in [0.25, 0.3) is 5.91 Å². The first-order chi connectivity index (χ1) is 14.2. The molecule has 29 heavy (non-hydrogen) atoms. The summed E-state index contributed by atoms with van der Waals surface area (Å²) < 4.78 is 11.2. The van der Waals surface area contributed by atoms with Gasteiger partial charge in [0.1, 0.15) is 12.4 Å². The molecule has 0 heterocycles. The van der Waals surface area contributed by atoms with Crippen molar-refractivity contribution < 1.29 is 14.3 Å². The highest BCUT2D eigenvalue weighted by molar-refractivity contribution is 6.31. The number of benzene rings is 3. The van der Waals surface area contributed by atoms with E-state index in [9.17, 15) is 4.79 Å². The van der Waals surface area contributed by atoms with Crippen LogP contribution in [0.4, 0.5) is 0 Å². The van der Waals surface area contributed by atoms with Crippen LogP contribution in [0.2, 0.25) is 5.02 Å². The Kier molecular flexibility index (Phi) is 7.39. The minimum absolute atomic E-state index is 0.330. The summed E-state index contributed by atoms with van der Waals surface area (Å²) >= 11 is 6.18. The summed E-state index contributed by atoms with van der Waals surface area (Å²) in [6.07, 6.45) is 0.803. The monoisotopic (exact) mass is 408 g/mol. The molecule has 0 saturated heterocycles. The van der Waals surface area contributed by atoms with Crippen LogP contribution in [0.15, 0.2) is 84.0 Å². The van der Waals surface area contributed by atoms with Gasteiger partial charge in [0.15, 0.2) is 6.10 Å². The molecule has 0 saturated carbocycles. The molecule has 6 heteroatoms. The largest absolute Gasteiger partial charge is 0.488 e. The van der Waals surface area contributed by atoms with Crippen LogP contribution in [0.3, 0.4) is 0 Å². The minimum atomic E-state index is -0.736. The van der Waals surface area contributed by atoms with Crippen molar-refractivity contribution in [1.82, 2.24) is 5.43 Å². The fraction of sp³-hybridized carbons (Fsp3) is 0.130. The summed E-state index contributed by atoms with van der Waals surface area (Å²) in [6, 6.07) is 24.2. The fourth-order valence-corrected chi connectivity index (χ4v) is 2.93. The summed E-state index contributed by atoms with van der Waals surface area (Å²) in [4.78, 5) is 12.4. The van der Waals surface area contributed by atoms with Crippen LogP contribution in [0.1, 0.15) is 22.8 Å². The third-order valence-electron chi connectivity index (χ3n) is 4.21. The molecule has 0 aromatic heterocycles. The summed E-state index contributed by atoms with van der Waals surface area (Å²) in [6.45, 7) is 0.330. The molecule has 148 valence electrons. The molecule has 0 bridgehead atoms. The lowest BCUT2D eigenvalue weighted by atomic mass is 10.1. The third-order valence-corrected chi connectivity index (χ3v) is 4.58. The van der Waals surface area contributed by atoms with Gasteiger partial charge in [-0.25, -0.2) is 5.43 Å². The second-order valence-corrected chi connectivity index (χ2v) is 6.59. The van der Waals surface area contributed by atoms with E-state index in [4.69, 9.17) is 21.1 Å². The molecule has 3 aromatic carbocycles. The van der Waals surface area contributed by atoms with E-state index in [1.54, 1.807) is 0 Å². The molecule has 0 aliphatic heterocycles. The topological polar surface area (TPSA) is 59.9 Å². The Balaban J connectivity index is 1.65. The highest BCUT2D eigenvalue weighted by Crippen LogP contribution is 2.21. The Labute approximate surface area is 174 Å². The van der Waals surface area contributed by atoms with E-state index < -0.39 is 6.10 Å². The highest BCUT2D eigenvalue weighted by atomic mass is 35.5. The van der Waals surface area contributed by atoms with Crippen LogP contribution < -0.4 is 10.2 Å². The van der Waals surface area contributed by atoms with Crippen LogP contribution >= 0.6 is 11.6 Å². The number of methoxy groups -OCH3 is 1.